The minimum atomic E-state index is -0.807. The Balaban J connectivity index is 3.74. The van der Waals surface area contributed by atoms with Crippen LogP contribution in [0.1, 0.15) is 19.3 Å². The Morgan fingerprint density at radius 2 is 1.41 bits per heavy atom. The highest BCUT2D eigenvalue weighted by Crippen LogP contribution is 2.02. The Kier molecular flexibility index (Phi) is 14.1. The third kappa shape index (κ3) is 13.4. The van der Waals surface area contributed by atoms with Crippen molar-refractivity contribution in [2.24, 2.45) is 0 Å². The predicted molar refractivity (Wildman–Crippen MR) is 87.9 cm³/mol. The normalized spacial score (nSPS) is 14.7. The lowest BCUT2D eigenvalue weighted by Gasteiger charge is -2.26. The monoisotopic (exact) mass is 321 g/mol. The molecule has 0 bridgehead atoms. The highest BCUT2D eigenvalue weighted by atomic mass is 16.3. The van der Waals surface area contributed by atoms with E-state index in [4.69, 9.17) is 10.2 Å². The number of nitrogens with zero attached hydrogens (tertiary/aromatic N) is 2. The van der Waals surface area contributed by atoms with Gasteiger partial charge in [-0.05, 0) is 40.0 Å². The first-order valence-electron chi connectivity index (χ1n) is 8.15. The summed E-state index contributed by atoms with van der Waals surface area (Å²) >= 11 is 0. The average molecular weight is 321 g/mol. The first-order valence-corrected chi connectivity index (χ1v) is 8.15. The van der Waals surface area contributed by atoms with Crippen LogP contribution in [0.5, 0.6) is 0 Å². The van der Waals surface area contributed by atoms with Gasteiger partial charge in [0.1, 0.15) is 0 Å². The maximum atomic E-state index is 9.51. The number of likely N-dealkylation sites (N-methyl/N-ethyl adjacent to an activating group) is 1. The van der Waals surface area contributed by atoms with Crippen LogP contribution in [-0.2, 0) is 0 Å². The molecule has 2 unspecified atom stereocenters. The fourth-order valence-electron chi connectivity index (χ4n) is 2.16. The average Bonchev–Trinajstić information content (AvgIpc) is 2.48. The van der Waals surface area contributed by atoms with E-state index in [0.29, 0.717) is 13.1 Å². The predicted octanol–water partition coefficient (Wildman–Crippen LogP) is -1.68. The third-order valence-corrected chi connectivity index (χ3v) is 3.42. The second-order valence-electron chi connectivity index (χ2n) is 6.05. The SMILES string of the molecule is CN(C)CCNCCCCCN(CC(O)CO)CC(O)CO. The lowest BCUT2D eigenvalue weighted by Crippen LogP contribution is -2.40. The maximum Gasteiger partial charge on any atom is 0.0897 e. The number of aliphatic hydroxyl groups excluding tert-OH is 4. The van der Waals surface area contributed by atoms with Gasteiger partial charge in [-0.15, -0.1) is 0 Å². The Morgan fingerprint density at radius 3 is 1.91 bits per heavy atom. The van der Waals surface area contributed by atoms with Gasteiger partial charge in [0, 0.05) is 26.2 Å². The first-order chi connectivity index (χ1) is 10.5. The summed E-state index contributed by atoms with van der Waals surface area (Å²) in [6.07, 6.45) is 1.51. The molecule has 134 valence electrons. The molecule has 22 heavy (non-hydrogen) atoms. The first kappa shape index (κ1) is 21.7. The van der Waals surface area contributed by atoms with Crippen molar-refractivity contribution in [3.05, 3.63) is 0 Å². The molecule has 0 saturated heterocycles. The number of hydrogen-bond acceptors (Lipinski definition) is 7. The Bertz CT molecular complexity index is 233. The fourth-order valence-corrected chi connectivity index (χ4v) is 2.16. The molecule has 0 aromatic heterocycles. The van der Waals surface area contributed by atoms with Crippen molar-refractivity contribution in [1.29, 1.82) is 0 Å². The lowest BCUT2D eigenvalue weighted by molar-refractivity contribution is 0.0228. The van der Waals surface area contributed by atoms with Crippen molar-refractivity contribution in [2.45, 2.75) is 31.5 Å². The fraction of sp³-hybridized carbons (Fsp3) is 1.00. The number of aliphatic hydroxyl groups is 4. The largest absolute Gasteiger partial charge is 0.394 e. The Hall–Kier alpha value is -0.280. The van der Waals surface area contributed by atoms with Gasteiger partial charge in [-0.2, -0.15) is 0 Å². The molecule has 5 N–H and O–H groups in total. The van der Waals surface area contributed by atoms with Crippen LogP contribution in [-0.4, -0.2) is 109 Å². The zero-order chi connectivity index (χ0) is 16.8. The second-order valence-corrected chi connectivity index (χ2v) is 6.05. The molecule has 0 aliphatic heterocycles. The van der Waals surface area contributed by atoms with E-state index in [-0.39, 0.29) is 13.2 Å². The molecule has 0 fully saturated rings. The molecule has 2 atom stereocenters. The standard InChI is InChI=1S/C15H35N3O4/c1-17(2)9-7-16-6-4-3-5-8-18(10-14(21)12-19)11-15(22)13-20/h14-16,19-22H,3-13H2,1-2H3. The second kappa shape index (κ2) is 14.3. The van der Waals surface area contributed by atoms with Crippen LogP contribution in [0.25, 0.3) is 0 Å². The van der Waals surface area contributed by atoms with Crippen LogP contribution in [0.2, 0.25) is 0 Å². The molecule has 0 aliphatic carbocycles. The highest BCUT2D eigenvalue weighted by Gasteiger charge is 2.14. The van der Waals surface area contributed by atoms with Gasteiger partial charge in [0.25, 0.3) is 0 Å². The summed E-state index contributed by atoms with van der Waals surface area (Å²) in [5.74, 6) is 0. The summed E-state index contributed by atoms with van der Waals surface area (Å²) in [6, 6.07) is 0. The van der Waals surface area contributed by atoms with Gasteiger partial charge in [0.2, 0.25) is 0 Å². The maximum absolute atomic E-state index is 9.51. The van der Waals surface area contributed by atoms with E-state index in [1.165, 1.54) is 0 Å². The van der Waals surface area contributed by atoms with Gasteiger partial charge in [-0.3, -0.25) is 4.90 Å². The van der Waals surface area contributed by atoms with Gasteiger partial charge in [0.15, 0.2) is 0 Å². The van der Waals surface area contributed by atoms with Crippen LogP contribution >= 0.6 is 0 Å². The molecule has 0 spiro atoms. The number of rotatable bonds is 15. The van der Waals surface area contributed by atoms with Gasteiger partial charge in [0.05, 0.1) is 25.4 Å². The van der Waals surface area contributed by atoms with Crippen LogP contribution in [0.4, 0.5) is 0 Å². The molecule has 0 aromatic carbocycles. The van der Waals surface area contributed by atoms with E-state index in [1.54, 1.807) is 0 Å². The van der Waals surface area contributed by atoms with Gasteiger partial charge < -0.3 is 30.6 Å². The van der Waals surface area contributed by atoms with Crippen molar-refractivity contribution in [1.82, 2.24) is 15.1 Å². The molecule has 0 aliphatic rings. The molecule has 0 heterocycles. The summed E-state index contributed by atoms with van der Waals surface area (Å²) in [5.41, 5.74) is 0. The Morgan fingerprint density at radius 1 is 0.818 bits per heavy atom. The number of unbranched alkanes of at least 4 members (excludes halogenated alkanes) is 2. The van der Waals surface area contributed by atoms with Crippen molar-refractivity contribution in [3.8, 4) is 0 Å². The third-order valence-electron chi connectivity index (χ3n) is 3.42. The number of hydrogen-bond donors (Lipinski definition) is 5. The summed E-state index contributed by atoms with van der Waals surface area (Å²) < 4.78 is 0. The Labute approximate surface area is 134 Å². The topological polar surface area (TPSA) is 99.4 Å². The minimum absolute atomic E-state index is 0.290. The molecular formula is C15H35N3O4. The smallest absolute Gasteiger partial charge is 0.0897 e. The quantitative estimate of drug-likeness (QED) is 0.230. The van der Waals surface area contributed by atoms with Crippen LogP contribution in [0, 0.1) is 0 Å². The zero-order valence-corrected chi connectivity index (χ0v) is 14.1. The van der Waals surface area contributed by atoms with E-state index < -0.39 is 12.2 Å². The summed E-state index contributed by atoms with van der Waals surface area (Å²) in [5, 5.41) is 40.2. The molecule has 0 aromatic rings. The molecule has 0 radical (unpaired) electrons. The number of nitrogens with one attached hydrogen (secondary N) is 1. The van der Waals surface area contributed by atoms with Crippen molar-refractivity contribution < 1.29 is 20.4 Å². The van der Waals surface area contributed by atoms with E-state index >= 15 is 0 Å². The van der Waals surface area contributed by atoms with E-state index in [0.717, 1.165) is 45.4 Å². The highest BCUT2D eigenvalue weighted by molar-refractivity contribution is 4.68. The summed E-state index contributed by atoms with van der Waals surface area (Å²) in [4.78, 5) is 4.03. The molecule has 0 saturated carbocycles. The van der Waals surface area contributed by atoms with Gasteiger partial charge in [-0.1, -0.05) is 6.42 Å². The molecule has 7 heteroatoms. The molecular weight excluding hydrogens is 286 g/mol. The van der Waals surface area contributed by atoms with Crippen LogP contribution < -0.4 is 5.32 Å². The minimum Gasteiger partial charge on any atom is -0.394 e. The molecule has 0 amide bonds. The van der Waals surface area contributed by atoms with Crippen LogP contribution in [0.3, 0.4) is 0 Å². The molecule has 7 nitrogen and oxygen atoms in total. The summed E-state index contributed by atoms with van der Waals surface area (Å²) in [6.45, 7) is 3.81. The van der Waals surface area contributed by atoms with E-state index in [2.05, 4.69) is 24.3 Å². The van der Waals surface area contributed by atoms with E-state index in [1.807, 2.05) is 4.90 Å². The van der Waals surface area contributed by atoms with E-state index in [9.17, 15) is 10.2 Å². The lowest BCUT2D eigenvalue weighted by atomic mass is 10.2. The zero-order valence-electron chi connectivity index (χ0n) is 14.1. The van der Waals surface area contributed by atoms with Crippen molar-refractivity contribution >= 4 is 0 Å². The summed E-state index contributed by atoms with van der Waals surface area (Å²) in [7, 11) is 4.11. The van der Waals surface area contributed by atoms with Gasteiger partial charge >= 0.3 is 0 Å². The van der Waals surface area contributed by atoms with Crippen molar-refractivity contribution in [3.63, 3.8) is 0 Å². The van der Waals surface area contributed by atoms with Gasteiger partial charge in [-0.25, -0.2) is 0 Å². The van der Waals surface area contributed by atoms with Crippen molar-refractivity contribution in [2.75, 3.05) is 66.6 Å². The van der Waals surface area contributed by atoms with Crippen LogP contribution in [0.15, 0.2) is 0 Å². The molecule has 0 rings (SSSR count).